The van der Waals surface area contributed by atoms with E-state index in [-0.39, 0.29) is 6.04 Å². The third-order valence-corrected chi connectivity index (χ3v) is 3.63. The Morgan fingerprint density at radius 2 is 1.84 bits per heavy atom. The third kappa shape index (κ3) is 3.37. The highest BCUT2D eigenvalue weighted by Gasteiger charge is 2.14. The minimum absolute atomic E-state index is 0.180. The van der Waals surface area contributed by atoms with Crippen LogP contribution in [0.2, 0.25) is 0 Å². The SMILES string of the molecule is NNC(Cc1ccc(F)c(F)c1)c1ccccc1Br. The molecule has 1 unspecified atom stereocenters. The van der Waals surface area contributed by atoms with E-state index < -0.39 is 11.6 Å². The number of halogens is 3. The summed E-state index contributed by atoms with van der Waals surface area (Å²) in [5.74, 6) is 3.86. The number of hydrazine groups is 1. The van der Waals surface area contributed by atoms with Gasteiger partial charge in [0.25, 0.3) is 0 Å². The van der Waals surface area contributed by atoms with Gasteiger partial charge in [0.15, 0.2) is 11.6 Å². The van der Waals surface area contributed by atoms with Crippen LogP contribution in [0.4, 0.5) is 8.78 Å². The Kier molecular flexibility index (Phi) is 4.63. The maximum atomic E-state index is 13.2. The second-order valence-electron chi connectivity index (χ2n) is 4.19. The van der Waals surface area contributed by atoms with Gasteiger partial charge in [-0.2, -0.15) is 0 Å². The van der Waals surface area contributed by atoms with Crippen LogP contribution in [0, 0.1) is 11.6 Å². The summed E-state index contributed by atoms with van der Waals surface area (Å²) >= 11 is 3.45. The van der Waals surface area contributed by atoms with E-state index in [2.05, 4.69) is 21.4 Å². The lowest BCUT2D eigenvalue weighted by atomic mass is 9.99. The van der Waals surface area contributed by atoms with Crippen molar-refractivity contribution in [1.29, 1.82) is 0 Å². The molecule has 0 amide bonds. The maximum Gasteiger partial charge on any atom is 0.159 e. The molecule has 3 N–H and O–H groups in total. The third-order valence-electron chi connectivity index (χ3n) is 2.91. The molecule has 2 aromatic carbocycles. The van der Waals surface area contributed by atoms with Crippen molar-refractivity contribution in [3.63, 3.8) is 0 Å². The van der Waals surface area contributed by atoms with Gasteiger partial charge >= 0.3 is 0 Å². The first-order chi connectivity index (χ1) is 9.11. The smallest absolute Gasteiger partial charge is 0.159 e. The molecule has 0 bridgehead atoms. The van der Waals surface area contributed by atoms with Crippen molar-refractivity contribution < 1.29 is 8.78 Å². The zero-order chi connectivity index (χ0) is 13.8. The van der Waals surface area contributed by atoms with Gasteiger partial charge in [-0.25, -0.2) is 8.78 Å². The van der Waals surface area contributed by atoms with Gasteiger partial charge in [-0.05, 0) is 35.7 Å². The minimum atomic E-state index is -0.847. The minimum Gasteiger partial charge on any atom is -0.271 e. The summed E-state index contributed by atoms with van der Waals surface area (Å²) in [4.78, 5) is 0. The van der Waals surface area contributed by atoms with Crippen molar-refractivity contribution in [2.45, 2.75) is 12.5 Å². The summed E-state index contributed by atoms with van der Waals surface area (Å²) in [5.41, 5.74) is 4.34. The first-order valence-corrected chi connectivity index (χ1v) is 6.55. The van der Waals surface area contributed by atoms with Crippen molar-refractivity contribution in [1.82, 2.24) is 5.43 Å². The van der Waals surface area contributed by atoms with Gasteiger partial charge in [0.2, 0.25) is 0 Å². The van der Waals surface area contributed by atoms with Crippen molar-refractivity contribution in [3.05, 3.63) is 69.7 Å². The Labute approximate surface area is 118 Å². The van der Waals surface area contributed by atoms with Gasteiger partial charge in [-0.3, -0.25) is 11.3 Å². The molecule has 100 valence electrons. The summed E-state index contributed by atoms with van der Waals surface area (Å²) in [6.07, 6.45) is 0.469. The van der Waals surface area contributed by atoms with E-state index in [1.165, 1.54) is 6.07 Å². The predicted octanol–water partition coefficient (Wildman–Crippen LogP) is 3.47. The van der Waals surface area contributed by atoms with E-state index in [9.17, 15) is 8.78 Å². The van der Waals surface area contributed by atoms with Crippen LogP contribution in [0.3, 0.4) is 0 Å². The molecule has 0 aromatic heterocycles. The molecule has 2 rings (SSSR count). The first-order valence-electron chi connectivity index (χ1n) is 5.76. The molecule has 19 heavy (non-hydrogen) atoms. The van der Waals surface area contributed by atoms with Gasteiger partial charge in [0.05, 0.1) is 6.04 Å². The van der Waals surface area contributed by atoms with Crippen LogP contribution in [-0.2, 0) is 6.42 Å². The fourth-order valence-electron chi connectivity index (χ4n) is 1.92. The highest BCUT2D eigenvalue weighted by molar-refractivity contribution is 9.10. The molecule has 0 radical (unpaired) electrons. The van der Waals surface area contributed by atoms with Crippen LogP contribution in [0.25, 0.3) is 0 Å². The van der Waals surface area contributed by atoms with Crippen LogP contribution in [-0.4, -0.2) is 0 Å². The Balaban J connectivity index is 2.24. The van der Waals surface area contributed by atoms with Gasteiger partial charge in [0.1, 0.15) is 0 Å². The number of hydrogen-bond donors (Lipinski definition) is 2. The Morgan fingerprint density at radius 3 is 2.47 bits per heavy atom. The second kappa shape index (κ2) is 6.23. The largest absolute Gasteiger partial charge is 0.271 e. The predicted molar refractivity (Wildman–Crippen MR) is 74.3 cm³/mol. The van der Waals surface area contributed by atoms with E-state index in [1.807, 2.05) is 24.3 Å². The summed E-state index contributed by atoms with van der Waals surface area (Å²) in [5, 5.41) is 0. The number of nitrogens with one attached hydrogen (secondary N) is 1. The van der Waals surface area contributed by atoms with E-state index in [0.29, 0.717) is 12.0 Å². The van der Waals surface area contributed by atoms with Gasteiger partial charge in [-0.15, -0.1) is 0 Å². The molecule has 0 aliphatic heterocycles. The van der Waals surface area contributed by atoms with E-state index in [0.717, 1.165) is 16.1 Å². The van der Waals surface area contributed by atoms with Crippen LogP contribution in [0.5, 0.6) is 0 Å². The monoisotopic (exact) mass is 326 g/mol. The number of nitrogens with two attached hydrogens (primary N) is 1. The van der Waals surface area contributed by atoms with Gasteiger partial charge in [0, 0.05) is 4.47 Å². The zero-order valence-corrected chi connectivity index (χ0v) is 11.6. The van der Waals surface area contributed by atoms with Crippen LogP contribution >= 0.6 is 15.9 Å². The van der Waals surface area contributed by atoms with Crippen molar-refractivity contribution in [2.75, 3.05) is 0 Å². The van der Waals surface area contributed by atoms with E-state index >= 15 is 0 Å². The first kappa shape index (κ1) is 14.1. The summed E-state index contributed by atoms with van der Waals surface area (Å²) in [6.45, 7) is 0. The highest BCUT2D eigenvalue weighted by atomic mass is 79.9. The summed E-state index contributed by atoms with van der Waals surface area (Å²) < 4.78 is 27.0. The lowest BCUT2D eigenvalue weighted by molar-refractivity contribution is 0.502. The molecule has 5 heteroatoms. The fraction of sp³-hybridized carbons (Fsp3) is 0.143. The number of benzene rings is 2. The van der Waals surface area contributed by atoms with Crippen molar-refractivity contribution >= 4 is 15.9 Å². The average Bonchev–Trinajstić information content (AvgIpc) is 2.41. The lowest BCUT2D eigenvalue weighted by Crippen LogP contribution is -2.29. The van der Waals surface area contributed by atoms with Crippen LogP contribution in [0.1, 0.15) is 17.2 Å². The van der Waals surface area contributed by atoms with E-state index in [1.54, 1.807) is 6.07 Å². The Morgan fingerprint density at radius 1 is 1.11 bits per heavy atom. The molecular weight excluding hydrogens is 314 g/mol. The molecular formula is C14H13BrF2N2. The Hall–Kier alpha value is -1.30. The summed E-state index contributed by atoms with van der Waals surface area (Å²) in [7, 11) is 0. The van der Waals surface area contributed by atoms with Gasteiger partial charge < -0.3 is 0 Å². The zero-order valence-electron chi connectivity index (χ0n) is 10.0. The second-order valence-corrected chi connectivity index (χ2v) is 5.05. The average molecular weight is 327 g/mol. The maximum absolute atomic E-state index is 13.2. The molecule has 0 saturated heterocycles. The number of rotatable bonds is 4. The topological polar surface area (TPSA) is 38.0 Å². The van der Waals surface area contributed by atoms with Crippen LogP contribution < -0.4 is 11.3 Å². The molecule has 0 aliphatic carbocycles. The van der Waals surface area contributed by atoms with E-state index in [4.69, 9.17) is 5.84 Å². The molecule has 0 spiro atoms. The number of hydrogen-bond acceptors (Lipinski definition) is 2. The quantitative estimate of drug-likeness (QED) is 0.667. The van der Waals surface area contributed by atoms with Crippen molar-refractivity contribution in [3.8, 4) is 0 Å². The lowest BCUT2D eigenvalue weighted by Gasteiger charge is -2.18. The molecule has 1 atom stereocenters. The molecule has 2 nitrogen and oxygen atoms in total. The van der Waals surface area contributed by atoms with Crippen LogP contribution in [0.15, 0.2) is 46.9 Å². The van der Waals surface area contributed by atoms with Gasteiger partial charge in [-0.1, -0.05) is 40.2 Å². The van der Waals surface area contributed by atoms with Crippen molar-refractivity contribution in [2.24, 2.45) is 5.84 Å². The summed E-state index contributed by atoms with van der Waals surface area (Å²) in [6, 6.07) is 11.3. The highest BCUT2D eigenvalue weighted by Crippen LogP contribution is 2.25. The molecule has 0 heterocycles. The molecule has 0 saturated carbocycles. The molecule has 2 aromatic rings. The Bertz CT molecular complexity index is 575. The fourth-order valence-corrected chi connectivity index (χ4v) is 2.48. The molecule has 0 aliphatic rings. The molecule has 0 fully saturated rings. The standard InChI is InChI=1S/C14H13BrF2N2/c15-11-4-2-1-3-10(11)14(19-18)8-9-5-6-12(16)13(17)7-9/h1-7,14,19H,8,18H2. The normalized spacial score (nSPS) is 12.4.